The molecule has 1 heterocycles. The van der Waals surface area contributed by atoms with Crippen LogP contribution in [0.5, 0.6) is 11.5 Å². The lowest BCUT2D eigenvalue weighted by Crippen LogP contribution is -2.18. The summed E-state index contributed by atoms with van der Waals surface area (Å²) in [6, 6.07) is 21.3. The predicted molar refractivity (Wildman–Crippen MR) is 129 cm³/mol. The Morgan fingerprint density at radius 3 is 2.47 bits per heavy atom. The van der Waals surface area contributed by atoms with Gasteiger partial charge in [0, 0.05) is 11.5 Å². The van der Waals surface area contributed by atoms with E-state index in [4.69, 9.17) is 18.6 Å². The molecule has 0 unspecified atom stereocenters. The highest BCUT2D eigenvalue weighted by Gasteiger charge is 2.16. The van der Waals surface area contributed by atoms with Crippen LogP contribution < -0.4 is 15.1 Å². The average molecular weight is 523 g/mol. The third-order valence-electron chi connectivity index (χ3n) is 4.82. The summed E-state index contributed by atoms with van der Waals surface area (Å²) in [5.74, 6) is -0.725. The molecule has 8 heteroatoms. The number of halogens is 1. The van der Waals surface area contributed by atoms with Crippen LogP contribution in [0.15, 0.2) is 86.5 Å². The number of esters is 2. The second-order valence-corrected chi connectivity index (χ2v) is 8.00. The van der Waals surface area contributed by atoms with E-state index in [1.165, 1.54) is 18.2 Å². The first-order chi connectivity index (χ1) is 16.4. The molecule has 0 saturated heterocycles. The van der Waals surface area contributed by atoms with Crippen LogP contribution >= 0.6 is 15.9 Å². The molecular formula is C26H19BrO7. The van der Waals surface area contributed by atoms with E-state index in [-0.39, 0.29) is 30.1 Å². The van der Waals surface area contributed by atoms with Crippen molar-refractivity contribution in [2.45, 2.75) is 6.92 Å². The molecule has 34 heavy (non-hydrogen) atoms. The van der Waals surface area contributed by atoms with Crippen molar-refractivity contribution in [1.82, 2.24) is 0 Å². The summed E-state index contributed by atoms with van der Waals surface area (Å²) in [4.78, 5) is 36.2. The van der Waals surface area contributed by atoms with Crippen molar-refractivity contribution < 1.29 is 28.2 Å². The highest BCUT2D eigenvalue weighted by Crippen LogP contribution is 2.30. The number of carbonyl (C=O) groups excluding carboxylic acids is 2. The lowest BCUT2D eigenvalue weighted by atomic mass is 10.1. The second kappa shape index (κ2) is 10.4. The van der Waals surface area contributed by atoms with Gasteiger partial charge in [0.2, 0.25) is 0 Å². The van der Waals surface area contributed by atoms with Crippen LogP contribution in [0.3, 0.4) is 0 Å². The first kappa shape index (κ1) is 23.3. The fourth-order valence-electron chi connectivity index (χ4n) is 3.23. The quantitative estimate of drug-likeness (QED) is 0.182. The number of hydrogen-bond donors (Lipinski definition) is 0. The number of fused-ring (bicyclic) bond motifs is 1. The molecule has 4 aromatic rings. The smallest absolute Gasteiger partial charge is 0.351 e. The van der Waals surface area contributed by atoms with Gasteiger partial charge in [0.05, 0.1) is 11.1 Å². The monoisotopic (exact) mass is 522 g/mol. The van der Waals surface area contributed by atoms with Gasteiger partial charge in [-0.2, -0.15) is 0 Å². The van der Waals surface area contributed by atoms with E-state index in [0.29, 0.717) is 15.6 Å². The summed E-state index contributed by atoms with van der Waals surface area (Å²) in [5.41, 5.74) is 1.21. The minimum absolute atomic E-state index is 0.140. The van der Waals surface area contributed by atoms with Gasteiger partial charge >= 0.3 is 17.6 Å². The molecule has 0 N–H and O–H groups in total. The fourth-order valence-corrected chi connectivity index (χ4v) is 3.73. The Bertz CT molecular complexity index is 1410. The zero-order valence-corrected chi connectivity index (χ0v) is 19.7. The molecule has 0 aliphatic heterocycles. The van der Waals surface area contributed by atoms with E-state index < -0.39 is 17.6 Å². The Morgan fingerprint density at radius 1 is 0.941 bits per heavy atom. The van der Waals surface area contributed by atoms with Crippen molar-refractivity contribution in [1.29, 1.82) is 0 Å². The average Bonchev–Trinajstić information content (AvgIpc) is 2.83. The van der Waals surface area contributed by atoms with Crippen molar-refractivity contribution in [3.05, 3.63) is 93.3 Å². The third-order valence-corrected chi connectivity index (χ3v) is 5.44. The largest absolute Gasteiger partial charge is 0.481 e. The summed E-state index contributed by atoms with van der Waals surface area (Å²) < 4.78 is 21.6. The molecule has 7 nitrogen and oxygen atoms in total. The van der Waals surface area contributed by atoms with Gasteiger partial charge in [0.25, 0.3) is 0 Å². The topological polar surface area (TPSA) is 92.0 Å². The van der Waals surface area contributed by atoms with Crippen LogP contribution in [-0.2, 0) is 9.53 Å². The molecule has 0 saturated carbocycles. The minimum atomic E-state index is -0.832. The van der Waals surface area contributed by atoms with E-state index in [9.17, 15) is 14.4 Å². The van der Waals surface area contributed by atoms with E-state index in [1.54, 1.807) is 19.1 Å². The molecule has 0 aliphatic rings. The Labute approximate surface area is 203 Å². The van der Waals surface area contributed by atoms with Crippen LogP contribution in [0.4, 0.5) is 0 Å². The predicted octanol–water partition coefficient (Wildman–Crippen LogP) is 5.38. The van der Waals surface area contributed by atoms with Gasteiger partial charge in [-0.1, -0.05) is 36.4 Å². The summed E-state index contributed by atoms with van der Waals surface area (Å²) in [6.45, 7) is 1.46. The molecule has 172 valence electrons. The summed E-state index contributed by atoms with van der Waals surface area (Å²) in [7, 11) is 0. The molecular weight excluding hydrogens is 504 g/mol. The molecule has 0 amide bonds. The molecule has 4 rings (SSSR count). The Hall–Kier alpha value is -3.91. The Morgan fingerprint density at radius 2 is 1.74 bits per heavy atom. The lowest BCUT2D eigenvalue weighted by molar-refractivity contribution is -0.136. The molecule has 0 aliphatic carbocycles. The highest BCUT2D eigenvalue weighted by molar-refractivity contribution is 9.10. The number of ether oxygens (including phenoxy) is 3. The molecule has 0 fully saturated rings. The molecule has 0 spiro atoms. The number of benzene rings is 3. The van der Waals surface area contributed by atoms with Crippen LogP contribution in [-0.4, -0.2) is 25.2 Å². The maximum Gasteiger partial charge on any atom is 0.351 e. The van der Waals surface area contributed by atoms with Crippen LogP contribution in [0.25, 0.3) is 22.1 Å². The van der Waals surface area contributed by atoms with Crippen molar-refractivity contribution in [2.75, 3.05) is 13.2 Å². The van der Waals surface area contributed by atoms with Crippen molar-refractivity contribution >= 4 is 38.8 Å². The van der Waals surface area contributed by atoms with Crippen molar-refractivity contribution in [2.24, 2.45) is 0 Å². The van der Waals surface area contributed by atoms with Crippen LogP contribution in [0.1, 0.15) is 17.3 Å². The van der Waals surface area contributed by atoms with E-state index in [0.717, 1.165) is 11.1 Å². The van der Waals surface area contributed by atoms with Gasteiger partial charge in [0.15, 0.2) is 6.61 Å². The van der Waals surface area contributed by atoms with Crippen LogP contribution in [0, 0.1) is 0 Å². The second-order valence-electron chi connectivity index (χ2n) is 7.14. The Balaban J connectivity index is 1.42. The van der Waals surface area contributed by atoms with Gasteiger partial charge < -0.3 is 18.6 Å². The molecule has 1 aromatic heterocycles. The SMILES string of the molecule is CCOC(=O)c1cc2ccc(OC(=O)COc3ccc(-c4ccccc4)cc3Br)cc2oc1=O. The van der Waals surface area contributed by atoms with E-state index in [1.807, 2.05) is 42.5 Å². The zero-order valence-electron chi connectivity index (χ0n) is 18.1. The molecule has 0 atom stereocenters. The highest BCUT2D eigenvalue weighted by atomic mass is 79.9. The van der Waals surface area contributed by atoms with Crippen molar-refractivity contribution in [3.8, 4) is 22.6 Å². The third kappa shape index (κ3) is 5.35. The van der Waals surface area contributed by atoms with E-state index in [2.05, 4.69) is 15.9 Å². The zero-order chi connectivity index (χ0) is 24.1. The van der Waals surface area contributed by atoms with Crippen LogP contribution in [0.2, 0.25) is 0 Å². The summed E-state index contributed by atoms with van der Waals surface area (Å²) in [6.07, 6.45) is 0. The Kier molecular flexibility index (Phi) is 7.08. The molecule has 0 bridgehead atoms. The van der Waals surface area contributed by atoms with Gasteiger partial charge in [-0.15, -0.1) is 0 Å². The van der Waals surface area contributed by atoms with Gasteiger partial charge in [0.1, 0.15) is 22.6 Å². The first-order valence-corrected chi connectivity index (χ1v) is 11.2. The van der Waals surface area contributed by atoms with E-state index >= 15 is 0 Å². The normalized spacial score (nSPS) is 10.6. The fraction of sp³-hybridized carbons (Fsp3) is 0.115. The molecule has 3 aromatic carbocycles. The van der Waals surface area contributed by atoms with Gasteiger partial charge in [-0.3, -0.25) is 0 Å². The van der Waals surface area contributed by atoms with Gasteiger partial charge in [-0.05, 0) is 64.3 Å². The first-order valence-electron chi connectivity index (χ1n) is 10.4. The van der Waals surface area contributed by atoms with Crippen molar-refractivity contribution in [3.63, 3.8) is 0 Å². The molecule has 0 radical (unpaired) electrons. The standard InChI is InChI=1S/C26H19BrO7/c1-2-31-25(29)20-12-18-8-10-19(14-23(18)34-26(20)30)33-24(28)15-32-22-11-9-17(13-21(22)27)16-6-4-3-5-7-16/h3-14H,2,15H2,1H3. The number of hydrogen-bond acceptors (Lipinski definition) is 7. The minimum Gasteiger partial charge on any atom is -0.481 e. The number of rotatable bonds is 7. The summed E-state index contributed by atoms with van der Waals surface area (Å²) in [5, 5.41) is 0.487. The lowest BCUT2D eigenvalue weighted by Gasteiger charge is -2.10. The number of carbonyl (C=O) groups is 2. The summed E-state index contributed by atoms with van der Waals surface area (Å²) >= 11 is 3.47. The van der Waals surface area contributed by atoms with Gasteiger partial charge in [-0.25, -0.2) is 14.4 Å². The maximum atomic E-state index is 12.3. The maximum absolute atomic E-state index is 12.3.